The highest BCUT2D eigenvalue weighted by Crippen LogP contribution is 2.37. The second-order valence-electron chi connectivity index (χ2n) is 7.19. The van der Waals surface area contributed by atoms with Crippen molar-refractivity contribution in [2.24, 2.45) is 0 Å². The fourth-order valence-electron chi connectivity index (χ4n) is 3.37. The summed E-state index contributed by atoms with van der Waals surface area (Å²) in [7, 11) is 0. The third kappa shape index (κ3) is 5.09. The van der Waals surface area contributed by atoms with Crippen LogP contribution < -0.4 is 14.4 Å². The minimum absolute atomic E-state index is 0.210. The van der Waals surface area contributed by atoms with E-state index in [1.54, 1.807) is 60.7 Å². The van der Waals surface area contributed by atoms with Crippen LogP contribution in [0.15, 0.2) is 71.6 Å². The molecule has 170 valence electrons. The van der Waals surface area contributed by atoms with E-state index in [1.165, 1.54) is 0 Å². The smallest absolute Gasteiger partial charge is 0.298 e. The molecule has 1 aliphatic heterocycles. The molecule has 1 aliphatic rings. The van der Waals surface area contributed by atoms with E-state index in [4.69, 9.17) is 21.1 Å². The first-order valence-corrected chi connectivity index (χ1v) is 11.6. The standard InChI is InChI=1S/C26H19ClN2O4S/c1-2-32-23-12-17(10-11-22(23)33-16-19-7-4-3-6-18(19)15-28)13-24-25(30)29(26(31)34-24)21-9-5-8-20(27)14-21/h3-14H,2,16H2,1H3. The maximum atomic E-state index is 12.9. The van der Waals surface area contributed by atoms with Crippen LogP contribution in [0.4, 0.5) is 10.5 Å². The Morgan fingerprint density at radius 1 is 1.03 bits per heavy atom. The number of thioether (sulfide) groups is 1. The van der Waals surface area contributed by atoms with Gasteiger partial charge in [-0.3, -0.25) is 9.59 Å². The van der Waals surface area contributed by atoms with E-state index in [1.807, 2.05) is 19.1 Å². The van der Waals surface area contributed by atoms with Crippen molar-refractivity contribution in [1.82, 2.24) is 0 Å². The SMILES string of the molecule is CCOc1cc(C=C2SC(=O)N(c3cccc(Cl)c3)C2=O)ccc1OCc1ccccc1C#N. The number of hydrogen-bond acceptors (Lipinski definition) is 6. The van der Waals surface area contributed by atoms with Crippen molar-refractivity contribution < 1.29 is 19.1 Å². The Labute approximate surface area is 206 Å². The number of amides is 2. The Kier molecular flexibility index (Phi) is 7.21. The van der Waals surface area contributed by atoms with E-state index < -0.39 is 5.91 Å². The second kappa shape index (κ2) is 10.5. The van der Waals surface area contributed by atoms with Crippen molar-refractivity contribution >= 4 is 46.3 Å². The predicted octanol–water partition coefficient (Wildman–Crippen LogP) is 6.43. The van der Waals surface area contributed by atoms with Crippen LogP contribution in [0.2, 0.25) is 5.02 Å². The van der Waals surface area contributed by atoms with E-state index in [0.29, 0.717) is 44.8 Å². The van der Waals surface area contributed by atoms with Crippen molar-refractivity contribution in [3.8, 4) is 17.6 Å². The van der Waals surface area contributed by atoms with Crippen molar-refractivity contribution in [2.45, 2.75) is 13.5 Å². The molecule has 0 aliphatic carbocycles. The molecule has 0 radical (unpaired) electrons. The number of carbonyl (C=O) groups is 2. The van der Waals surface area contributed by atoms with Gasteiger partial charge in [-0.15, -0.1) is 0 Å². The normalized spacial score (nSPS) is 14.4. The van der Waals surface area contributed by atoms with Gasteiger partial charge in [-0.1, -0.05) is 41.9 Å². The van der Waals surface area contributed by atoms with Crippen LogP contribution in [0.25, 0.3) is 6.08 Å². The van der Waals surface area contributed by atoms with E-state index in [-0.39, 0.29) is 11.8 Å². The minimum atomic E-state index is -0.413. The summed E-state index contributed by atoms with van der Waals surface area (Å²) >= 11 is 6.88. The first-order valence-electron chi connectivity index (χ1n) is 10.4. The molecule has 34 heavy (non-hydrogen) atoms. The number of carbonyl (C=O) groups excluding carboxylic acids is 2. The van der Waals surface area contributed by atoms with Crippen molar-refractivity contribution in [1.29, 1.82) is 5.26 Å². The summed E-state index contributed by atoms with van der Waals surface area (Å²) in [6.07, 6.45) is 1.65. The molecule has 4 rings (SSSR count). The zero-order chi connectivity index (χ0) is 24.1. The van der Waals surface area contributed by atoms with Gasteiger partial charge >= 0.3 is 0 Å². The third-order valence-electron chi connectivity index (χ3n) is 4.95. The second-order valence-corrected chi connectivity index (χ2v) is 8.62. The van der Waals surface area contributed by atoms with Crippen molar-refractivity contribution in [2.75, 3.05) is 11.5 Å². The topological polar surface area (TPSA) is 79.6 Å². The lowest BCUT2D eigenvalue weighted by molar-refractivity contribution is -0.113. The summed E-state index contributed by atoms with van der Waals surface area (Å²) in [6.45, 7) is 2.49. The molecule has 6 nitrogen and oxygen atoms in total. The number of nitriles is 1. The molecular weight excluding hydrogens is 472 g/mol. The van der Waals surface area contributed by atoms with Crippen LogP contribution in [-0.4, -0.2) is 17.8 Å². The highest BCUT2D eigenvalue weighted by molar-refractivity contribution is 8.19. The number of benzene rings is 3. The summed E-state index contributed by atoms with van der Waals surface area (Å²) in [6, 6.07) is 21.3. The molecule has 3 aromatic rings. The monoisotopic (exact) mass is 490 g/mol. The van der Waals surface area contributed by atoms with Gasteiger partial charge in [0, 0.05) is 10.6 Å². The summed E-state index contributed by atoms with van der Waals surface area (Å²) in [5, 5.41) is 9.32. The number of rotatable bonds is 7. The highest BCUT2D eigenvalue weighted by Gasteiger charge is 2.36. The first-order chi connectivity index (χ1) is 16.5. The van der Waals surface area contributed by atoms with Crippen molar-refractivity contribution in [3.63, 3.8) is 0 Å². The molecule has 1 fully saturated rings. The van der Waals surface area contributed by atoms with Crippen LogP contribution in [-0.2, 0) is 11.4 Å². The average Bonchev–Trinajstić information content (AvgIpc) is 3.11. The Bertz CT molecular complexity index is 1330. The summed E-state index contributed by atoms with van der Waals surface area (Å²) in [5.74, 6) is 0.599. The zero-order valence-electron chi connectivity index (χ0n) is 18.2. The maximum absolute atomic E-state index is 12.9. The molecule has 1 saturated heterocycles. The Morgan fingerprint density at radius 3 is 2.62 bits per heavy atom. The van der Waals surface area contributed by atoms with Gasteiger partial charge in [-0.25, -0.2) is 4.90 Å². The summed E-state index contributed by atoms with van der Waals surface area (Å²) < 4.78 is 11.7. The third-order valence-corrected chi connectivity index (χ3v) is 6.05. The molecule has 0 unspecified atom stereocenters. The van der Waals surface area contributed by atoms with Gasteiger partial charge < -0.3 is 9.47 Å². The van der Waals surface area contributed by atoms with Crippen LogP contribution in [0, 0.1) is 11.3 Å². The molecule has 0 spiro atoms. The van der Waals surface area contributed by atoms with Crippen LogP contribution in [0.3, 0.4) is 0 Å². The van der Waals surface area contributed by atoms with E-state index in [9.17, 15) is 14.9 Å². The molecule has 0 atom stereocenters. The summed E-state index contributed by atoms with van der Waals surface area (Å²) in [4.78, 5) is 26.8. The number of ether oxygens (including phenoxy) is 2. The van der Waals surface area contributed by atoms with Crippen LogP contribution >= 0.6 is 23.4 Å². The van der Waals surface area contributed by atoms with Crippen molar-refractivity contribution in [3.05, 3.63) is 93.3 Å². The number of anilines is 1. The molecule has 3 aromatic carbocycles. The van der Waals surface area contributed by atoms with E-state index >= 15 is 0 Å². The van der Waals surface area contributed by atoms with Gasteiger partial charge in [0.15, 0.2) is 11.5 Å². The summed E-state index contributed by atoms with van der Waals surface area (Å²) in [5.41, 5.74) is 2.43. The molecular formula is C26H19ClN2O4S. The van der Waals surface area contributed by atoms with Gasteiger partial charge in [-0.05, 0) is 66.7 Å². The zero-order valence-corrected chi connectivity index (χ0v) is 19.7. The fourth-order valence-corrected chi connectivity index (χ4v) is 4.40. The van der Waals surface area contributed by atoms with Gasteiger partial charge in [0.2, 0.25) is 0 Å². The van der Waals surface area contributed by atoms with Gasteiger partial charge in [-0.2, -0.15) is 5.26 Å². The van der Waals surface area contributed by atoms with E-state index in [0.717, 1.165) is 22.2 Å². The largest absolute Gasteiger partial charge is 0.490 e. The predicted molar refractivity (Wildman–Crippen MR) is 133 cm³/mol. The molecule has 0 N–H and O–H groups in total. The van der Waals surface area contributed by atoms with Crippen LogP contribution in [0.5, 0.6) is 11.5 Å². The van der Waals surface area contributed by atoms with Gasteiger partial charge in [0.05, 0.1) is 28.8 Å². The number of hydrogen-bond donors (Lipinski definition) is 0. The quantitative estimate of drug-likeness (QED) is 0.355. The minimum Gasteiger partial charge on any atom is -0.490 e. The van der Waals surface area contributed by atoms with Gasteiger partial charge in [0.1, 0.15) is 6.61 Å². The Hall–Kier alpha value is -3.73. The molecule has 8 heteroatoms. The Balaban J connectivity index is 1.57. The lowest BCUT2D eigenvalue weighted by atomic mass is 10.1. The highest BCUT2D eigenvalue weighted by atomic mass is 35.5. The Morgan fingerprint density at radius 2 is 1.85 bits per heavy atom. The van der Waals surface area contributed by atoms with Gasteiger partial charge in [0.25, 0.3) is 11.1 Å². The number of nitrogens with zero attached hydrogens (tertiary/aromatic N) is 2. The number of halogens is 1. The maximum Gasteiger partial charge on any atom is 0.298 e. The molecule has 0 bridgehead atoms. The molecule has 0 saturated carbocycles. The first kappa shape index (κ1) is 23.4. The van der Waals surface area contributed by atoms with E-state index in [2.05, 4.69) is 6.07 Å². The molecule has 1 heterocycles. The molecule has 0 aromatic heterocycles. The fraction of sp³-hybridized carbons (Fsp3) is 0.115. The average molecular weight is 491 g/mol. The lowest BCUT2D eigenvalue weighted by Crippen LogP contribution is -2.27. The number of imide groups is 1. The van der Waals surface area contributed by atoms with Crippen LogP contribution in [0.1, 0.15) is 23.6 Å². The lowest BCUT2D eigenvalue weighted by Gasteiger charge is -2.13. The molecule has 2 amide bonds.